The van der Waals surface area contributed by atoms with E-state index in [-0.39, 0.29) is 5.91 Å². The lowest BCUT2D eigenvalue weighted by Gasteiger charge is -2.13. The highest BCUT2D eigenvalue weighted by Crippen LogP contribution is 2.20. The number of amides is 1. The first kappa shape index (κ1) is 17.9. The number of nitrogens with one attached hydrogen (secondary N) is 2. The van der Waals surface area contributed by atoms with E-state index in [4.69, 9.17) is 9.83 Å². The van der Waals surface area contributed by atoms with Crippen molar-refractivity contribution >= 4 is 23.1 Å². The molecule has 1 aromatic carbocycles. The number of aromatic nitrogens is 1. The summed E-state index contributed by atoms with van der Waals surface area (Å²) in [6.07, 6.45) is 1.55. The summed E-state index contributed by atoms with van der Waals surface area (Å²) in [5, 5.41) is 10.8. The van der Waals surface area contributed by atoms with Crippen molar-refractivity contribution in [2.45, 2.75) is 13.5 Å². The van der Waals surface area contributed by atoms with Gasteiger partial charge in [0.2, 0.25) is 5.89 Å². The average molecular weight is 368 g/mol. The van der Waals surface area contributed by atoms with E-state index in [1.54, 1.807) is 11.2 Å². The predicted octanol–water partition coefficient (Wildman–Crippen LogP) is 3.53. The maximum atomic E-state index is 12.1. The van der Waals surface area contributed by atoms with Gasteiger partial charge < -0.3 is 14.6 Å². The molecule has 1 amide bonds. The Morgan fingerprint density at radius 2 is 1.96 bits per heavy atom. The zero-order valence-electron chi connectivity index (χ0n) is 14.9. The molecule has 0 aliphatic rings. The van der Waals surface area contributed by atoms with Crippen molar-refractivity contribution in [3.05, 3.63) is 63.7 Å². The van der Waals surface area contributed by atoms with Gasteiger partial charge in [-0.2, -0.15) is 0 Å². The number of amidine groups is 1. The molecule has 0 aliphatic carbocycles. The second-order valence-corrected chi connectivity index (χ2v) is 7.35. The lowest BCUT2D eigenvalue weighted by atomic mass is 10.1. The van der Waals surface area contributed by atoms with Crippen LogP contribution in [0.25, 0.3) is 11.5 Å². The average Bonchev–Trinajstić information content (AvgIpc) is 3.28. The van der Waals surface area contributed by atoms with E-state index in [0.29, 0.717) is 28.8 Å². The monoisotopic (exact) mass is 368 g/mol. The van der Waals surface area contributed by atoms with Crippen LogP contribution in [0.4, 0.5) is 0 Å². The van der Waals surface area contributed by atoms with E-state index in [2.05, 4.69) is 10.3 Å². The van der Waals surface area contributed by atoms with Crippen LogP contribution >= 0.6 is 11.3 Å². The van der Waals surface area contributed by atoms with Crippen molar-refractivity contribution in [3.63, 3.8) is 0 Å². The van der Waals surface area contributed by atoms with Crippen LogP contribution in [0.15, 0.2) is 47.1 Å². The van der Waals surface area contributed by atoms with Crippen LogP contribution in [0.1, 0.15) is 25.8 Å². The van der Waals surface area contributed by atoms with Crippen LogP contribution in [0.2, 0.25) is 0 Å². The Hall–Kier alpha value is -2.93. The molecule has 2 N–H and O–H groups in total. The van der Waals surface area contributed by atoms with Crippen LogP contribution in [-0.4, -0.2) is 35.7 Å². The Kier molecular flexibility index (Phi) is 5.18. The molecule has 26 heavy (non-hydrogen) atoms. The Morgan fingerprint density at radius 3 is 2.58 bits per heavy atom. The lowest BCUT2D eigenvalue weighted by Crippen LogP contribution is -2.21. The molecule has 0 spiro atoms. The van der Waals surface area contributed by atoms with E-state index >= 15 is 0 Å². The fraction of sp³-hybridized carbons (Fsp3) is 0.211. The number of rotatable bonds is 5. The maximum absolute atomic E-state index is 12.1. The fourth-order valence-corrected chi connectivity index (χ4v) is 3.15. The van der Waals surface area contributed by atoms with Gasteiger partial charge in [-0.25, -0.2) is 4.98 Å². The summed E-state index contributed by atoms with van der Waals surface area (Å²) in [5.41, 5.74) is 2.31. The van der Waals surface area contributed by atoms with Gasteiger partial charge in [-0.15, -0.1) is 11.3 Å². The molecule has 134 valence electrons. The van der Waals surface area contributed by atoms with Gasteiger partial charge in [0.25, 0.3) is 5.91 Å². The third kappa shape index (κ3) is 4.00. The molecule has 0 aliphatic heterocycles. The summed E-state index contributed by atoms with van der Waals surface area (Å²) in [6.45, 7) is 2.28. The standard InChI is InChI=1S/C19H20N4O2S/c1-12-4-9-16(26-12)18(24)21-10-15-11-25-19(22-15)14-7-5-13(6-8-14)17(20)23(2)3/h4-9,11,20H,10H2,1-3H3,(H,21,24). The molecule has 3 aromatic rings. The van der Waals surface area contributed by atoms with Crippen molar-refractivity contribution in [2.75, 3.05) is 14.1 Å². The van der Waals surface area contributed by atoms with Crippen LogP contribution in [0.3, 0.4) is 0 Å². The van der Waals surface area contributed by atoms with E-state index in [0.717, 1.165) is 16.0 Å². The van der Waals surface area contributed by atoms with E-state index in [1.165, 1.54) is 11.3 Å². The number of thiophene rings is 1. The number of hydrogen-bond donors (Lipinski definition) is 2. The molecule has 7 heteroatoms. The molecule has 0 atom stereocenters. The normalized spacial score (nSPS) is 10.6. The van der Waals surface area contributed by atoms with Crippen LogP contribution in [0, 0.1) is 12.3 Å². The largest absolute Gasteiger partial charge is 0.444 e. The smallest absolute Gasteiger partial charge is 0.261 e. The summed E-state index contributed by atoms with van der Waals surface area (Å²) in [6, 6.07) is 11.2. The Bertz CT molecular complexity index is 925. The molecule has 2 heterocycles. The maximum Gasteiger partial charge on any atom is 0.261 e. The van der Waals surface area contributed by atoms with Crippen LogP contribution in [0.5, 0.6) is 0 Å². The minimum Gasteiger partial charge on any atom is -0.444 e. The van der Waals surface area contributed by atoms with Gasteiger partial charge in [0.15, 0.2) is 0 Å². The highest BCUT2D eigenvalue weighted by atomic mass is 32.1. The zero-order valence-corrected chi connectivity index (χ0v) is 15.7. The van der Waals surface area contributed by atoms with Gasteiger partial charge in [0, 0.05) is 30.1 Å². The molecule has 0 unspecified atom stereocenters. The van der Waals surface area contributed by atoms with Crippen molar-refractivity contribution in [1.82, 2.24) is 15.2 Å². The number of benzene rings is 1. The number of carbonyl (C=O) groups excluding carboxylic acids is 1. The molecule has 0 saturated carbocycles. The Morgan fingerprint density at radius 1 is 1.23 bits per heavy atom. The third-order valence-electron chi connectivity index (χ3n) is 3.80. The SMILES string of the molecule is Cc1ccc(C(=O)NCc2coc(-c3ccc(C(=N)N(C)C)cc3)n2)s1. The summed E-state index contributed by atoms with van der Waals surface area (Å²) in [5.74, 6) is 0.819. The molecule has 6 nitrogen and oxygen atoms in total. The minimum atomic E-state index is -0.112. The van der Waals surface area contributed by atoms with E-state index in [9.17, 15) is 4.79 Å². The number of oxazole rings is 1. The molecule has 0 fully saturated rings. The summed E-state index contributed by atoms with van der Waals surface area (Å²) in [7, 11) is 3.67. The molecule has 0 radical (unpaired) electrons. The van der Waals surface area contributed by atoms with E-state index in [1.807, 2.05) is 57.4 Å². The first-order chi connectivity index (χ1) is 12.4. The second-order valence-electron chi connectivity index (χ2n) is 6.06. The van der Waals surface area contributed by atoms with Gasteiger partial charge in [0.1, 0.15) is 12.1 Å². The molecule has 3 rings (SSSR count). The van der Waals surface area contributed by atoms with Crippen molar-refractivity contribution in [1.29, 1.82) is 5.41 Å². The second kappa shape index (κ2) is 7.53. The van der Waals surface area contributed by atoms with Gasteiger partial charge in [-0.1, -0.05) is 12.1 Å². The van der Waals surface area contributed by atoms with Crippen molar-refractivity contribution < 1.29 is 9.21 Å². The number of hydrogen-bond acceptors (Lipinski definition) is 5. The zero-order chi connectivity index (χ0) is 18.7. The quantitative estimate of drug-likeness (QED) is 0.533. The summed E-state index contributed by atoms with van der Waals surface area (Å²) >= 11 is 1.46. The molecule has 2 aromatic heterocycles. The van der Waals surface area contributed by atoms with Crippen LogP contribution in [-0.2, 0) is 6.54 Å². The fourth-order valence-electron chi connectivity index (χ4n) is 2.36. The van der Waals surface area contributed by atoms with Gasteiger partial charge >= 0.3 is 0 Å². The number of nitrogens with zero attached hydrogens (tertiary/aromatic N) is 2. The first-order valence-corrected chi connectivity index (χ1v) is 8.91. The predicted molar refractivity (Wildman–Crippen MR) is 103 cm³/mol. The van der Waals surface area contributed by atoms with Crippen molar-refractivity contribution in [2.24, 2.45) is 0 Å². The highest BCUT2D eigenvalue weighted by Gasteiger charge is 2.11. The summed E-state index contributed by atoms with van der Waals surface area (Å²) < 4.78 is 5.52. The topological polar surface area (TPSA) is 82.2 Å². The number of carbonyl (C=O) groups is 1. The highest BCUT2D eigenvalue weighted by molar-refractivity contribution is 7.13. The van der Waals surface area contributed by atoms with Crippen molar-refractivity contribution in [3.8, 4) is 11.5 Å². The third-order valence-corrected chi connectivity index (χ3v) is 4.80. The van der Waals surface area contributed by atoms with E-state index < -0.39 is 0 Å². The van der Waals surface area contributed by atoms with Gasteiger partial charge in [-0.05, 0) is 31.2 Å². The first-order valence-electron chi connectivity index (χ1n) is 8.10. The minimum absolute atomic E-state index is 0.112. The lowest BCUT2D eigenvalue weighted by molar-refractivity contribution is 0.0954. The molecule has 0 bridgehead atoms. The molecular weight excluding hydrogens is 348 g/mol. The number of aryl methyl sites for hydroxylation is 1. The van der Waals surface area contributed by atoms with Crippen LogP contribution < -0.4 is 5.32 Å². The summed E-state index contributed by atoms with van der Waals surface area (Å²) in [4.78, 5) is 20.0. The van der Waals surface area contributed by atoms with Gasteiger partial charge in [0.05, 0.1) is 17.1 Å². The molecule has 0 saturated heterocycles. The Balaban J connectivity index is 1.64. The molecular formula is C19H20N4O2S. The van der Waals surface area contributed by atoms with Gasteiger partial charge in [-0.3, -0.25) is 10.2 Å². The Labute approximate surface area is 156 Å².